The van der Waals surface area contributed by atoms with E-state index in [1.165, 1.54) is 24.3 Å². The average Bonchev–Trinajstić information content (AvgIpc) is 3.16. The van der Waals surface area contributed by atoms with Crippen LogP contribution in [-0.4, -0.2) is 31.7 Å². The van der Waals surface area contributed by atoms with Gasteiger partial charge in [-0.25, -0.2) is 0 Å². The molecular formula is C20H14F6N4O2. The number of ether oxygens (including phenoxy) is 2. The fourth-order valence-corrected chi connectivity index (χ4v) is 3.18. The number of benzene rings is 2. The van der Waals surface area contributed by atoms with Crippen molar-refractivity contribution >= 4 is 11.4 Å². The van der Waals surface area contributed by atoms with Crippen LogP contribution in [-0.2, 0) is 10.9 Å². The van der Waals surface area contributed by atoms with Gasteiger partial charge in [0.15, 0.2) is 0 Å². The second-order valence-corrected chi connectivity index (χ2v) is 6.82. The zero-order valence-electron chi connectivity index (χ0n) is 16.0. The molecule has 0 aliphatic carbocycles. The summed E-state index contributed by atoms with van der Waals surface area (Å²) in [5, 5.41) is 17.7. The highest BCUT2D eigenvalue weighted by Crippen LogP contribution is 2.39. The first-order valence-corrected chi connectivity index (χ1v) is 8.96. The molecule has 0 aromatic heterocycles. The van der Waals surface area contributed by atoms with Crippen LogP contribution in [0.1, 0.15) is 16.7 Å². The maximum absolute atomic E-state index is 13.5. The molecule has 2 unspecified atom stereocenters. The van der Waals surface area contributed by atoms with Gasteiger partial charge in [-0.05, 0) is 36.4 Å². The number of halogens is 6. The monoisotopic (exact) mass is 456 g/mol. The number of nitriles is 2. The van der Waals surface area contributed by atoms with Crippen LogP contribution in [0.4, 0.5) is 37.7 Å². The van der Waals surface area contributed by atoms with Crippen molar-refractivity contribution in [2.75, 3.05) is 23.8 Å². The Kier molecular flexibility index (Phi) is 6.10. The van der Waals surface area contributed by atoms with Gasteiger partial charge in [-0.1, -0.05) is 0 Å². The van der Waals surface area contributed by atoms with Gasteiger partial charge in [0.25, 0.3) is 0 Å². The molecule has 2 aromatic carbocycles. The first-order valence-electron chi connectivity index (χ1n) is 8.96. The van der Waals surface area contributed by atoms with Crippen LogP contribution in [0.15, 0.2) is 36.4 Å². The molecule has 0 saturated carbocycles. The molecule has 0 amide bonds. The normalized spacial score (nSPS) is 18.8. The molecular weight excluding hydrogens is 442 g/mol. The van der Waals surface area contributed by atoms with Gasteiger partial charge in [0.2, 0.25) is 6.23 Å². The van der Waals surface area contributed by atoms with Crippen LogP contribution in [0.3, 0.4) is 0 Å². The SMILES string of the molecule is N#Cc1ccc(OCC2CN(c3ccc(C#N)c(C(F)(F)F)c3)C(C(F)(F)F)O2)c(N)c1. The summed E-state index contributed by atoms with van der Waals surface area (Å²) >= 11 is 0. The maximum atomic E-state index is 13.5. The van der Waals surface area contributed by atoms with Crippen molar-refractivity contribution in [2.24, 2.45) is 0 Å². The number of nitrogens with two attached hydrogens (primary N) is 1. The van der Waals surface area contributed by atoms with Gasteiger partial charge in [-0.3, -0.25) is 0 Å². The van der Waals surface area contributed by atoms with E-state index in [0.717, 1.165) is 12.1 Å². The number of alkyl halides is 6. The quantitative estimate of drug-likeness (QED) is 0.547. The lowest BCUT2D eigenvalue weighted by atomic mass is 10.1. The number of nitrogens with zero attached hydrogens (tertiary/aromatic N) is 3. The molecule has 1 saturated heterocycles. The molecule has 1 heterocycles. The van der Waals surface area contributed by atoms with Gasteiger partial charge in [0.05, 0.1) is 41.1 Å². The van der Waals surface area contributed by atoms with Gasteiger partial charge in [0.1, 0.15) is 18.5 Å². The molecule has 2 atom stereocenters. The smallest absolute Gasteiger partial charge is 0.433 e. The van der Waals surface area contributed by atoms with Crippen molar-refractivity contribution in [3.8, 4) is 17.9 Å². The molecule has 12 heteroatoms. The Morgan fingerprint density at radius 1 is 1.06 bits per heavy atom. The number of rotatable bonds is 4. The molecule has 168 valence electrons. The third-order valence-corrected chi connectivity index (χ3v) is 4.61. The van der Waals surface area contributed by atoms with Crippen molar-refractivity contribution in [3.63, 3.8) is 0 Å². The van der Waals surface area contributed by atoms with Gasteiger partial charge in [-0.15, -0.1) is 0 Å². The predicted molar refractivity (Wildman–Crippen MR) is 99.3 cm³/mol. The van der Waals surface area contributed by atoms with E-state index in [-0.39, 0.29) is 23.6 Å². The second-order valence-electron chi connectivity index (χ2n) is 6.82. The fraction of sp³-hybridized carbons (Fsp3) is 0.300. The highest BCUT2D eigenvalue weighted by molar-refractivity contribution is 5.57. The predicted octanol–water partition coefficient (Wildman–Crippen LogP) is 4.20. The molecule has 3 rings (SSSR count). The van der Waals surface area contributed by atoms with Gasteiger partial charge < -0.3 is 20.1 Å². The summed E-state index contributed by atoms with van der Waals surface area (Å²) in [4.78, 5) is 0.632. The molecule has 32 heavy (non-hydrogen) atoms. The molecule has 2 N–H and O–H groups in total. The molecule has 0 spiro atoms. The van der Waals surface area contributed by atoms with E-state index in [4.69, 9.17) is 25.7 Å². The molecule has 2 aromatic rings. The standard InChI is InChI=1S/C20H14F6N4O2/c21-19(22,23)15-6-13(3-2-12(15)8-28)30-9-14(32-18(30)20(24,25)26)10-31-17-4-1-11(7-27)5-16(17)29/h1-6,14,18H,9-10,29H2. The Morgan fingerprint density at radius 2 is 1.78 bits per heavy atom. The van der Waals surface area contributed by atoms with Gasteiger partial charge >= 0.3 is 12.4 Å². The minimum Gasteiger partial charge on any atom is -0.489 e. The lowest BCUT2D eigenvalue weighted by Crippen LogP contribution is -2.42. The highest BCUT2D eigenvalue weighted by atomic mass is 19.4. The lowest BCUT2D eigenvalue weighted by molar-refractivity contribution is -0.215. The van der Waals surface area contributed by atoms with Gasteiger partial charge in [0, 0.05) is 5.69 Å². The zero-order chi connectivity index (χ0) is 23.7. The summed E-state index contributed by atoms with van der Waals surface area (Å²) in [5.41, 5.74) is 3.64. The van der Waals surface area contributed by atoms with E-state index in [1.807, 2.05) is 6.07 Å². The molecule has 6 nitrogen and oxygen atoms in total. The minimum atomic E-state index is -4.93. The number of hydrogen-bond acceptors (Lipinski definition) is 6. The molecule has 1 aliphatic rings. The van der Waals surface area contributed by atoms with Crippen LogP contribution in [0.5, 0.6) is 5.75 Å². The van der Waals surface area contributed by atoms with E-state index >= 15 is 0 Å². The number of anilines is 2. The van der Waals surface area contributed by atoms with Crippen LogP contribution < -0.4 is 15.4 Å². The van der Waals surface area contributed by atoms with Gasteiger partial charge in [-0.2, -0.15) is 36.9 Å². The fourth-order valence-electron chi connectivity index (χ4n) is 3.18. The first kappa shape index (κ1) is 23.0. The van der Waals surface area contributed by atoms with Crippen molar-refractivity contribution < 1.29 is 35.8 Å². The molecule has 0 bridgehead atoms. The summed E-state index contributed by atoms with van der Waals surface area (Å²) in [6.45, 7) is -0.800. The minimum absolute atomic E-state index is 0.0909. The molecule has 1 fully saturated rings. The average molecular weight is 456 g/mol. The summed E-state index contributed by atoms with van der Waals surface area (Å²) in [6.07, 6.45) is -13.5. The van der Waals surface area contributed by atoms with E-state index in [9.17, 15) is 26.3 Å². The highest BCUT2D eigenvalue weighted by Gasteiger charge is 2.51. The summed E-state index contributed by atoms with van der Waals surface area (Å²) in [7, 11) is 0. The topological polar surface area (TPSA) is 95.3 Å². The van der Waals surface area contributed by atoms with Crippen molar-refractivity contribution in [1.82, 2.24) is 0 Å². The Hall–Kier alpha value is -3.64. The van der Waals surface area contributed by atoms with Crippen LogP contribution >= 0.6 is 0 Å². The Balaban J connectivity index is 1.84. The van der Waals surface area contributed by atoms with E-state index in [0.29, 0.717) is 11.0 Å². The van der Waals surface area contributed by atoms with Crippen LogP contribution in [0, 0.1) is 22.7 Å². The summed E-state index contributed by atoms with van der Waals surface area (Å²) in [6, 6.07) is 9.65. The van der Waals surface area contributed by atoms with Crippen molar-refractivity contribution in [3.05, 3.63) is 53.1 Å². The third kappa shape index (κ3) is 4.81. The van der Waals surface area contributed by atoms with Crippen molar-refractivity contribution in [2.45, 2.75) is 24.7 Å². The Bertz CT molecular complexity index is 1090. The molecule has 0 radical (unpaired) electrons. The Morgan fingerprint density at radius 3 is 2.34 bits per heavy atom. The molecule has 1 aliphatic heterocycles. The summed E-state index contributed by atoms with van der Waals surface area (Å²) in [5.74, 6) is 0.118. The number of hydrogen-bond donors (Lipinski definition) is 1. The van der Waals surface area contributed by atoms with E-state index in [2.05, 4.69) is 0 Å². The zero-order valence-corrected chi connectivity index (χ0v) is 16.0. The van der Waals surface area contributed by atoms with E-state index in [1.54, 1.807) is 0 Å². The largest absolute Gasteiger partial charge is 0.489 e. The van der Waals surface area contributed by atoms with Crippen LogP contribution in [0.2, 0.25) is 0 Å². The summed E-state index contributed by atoms with van der Waals surface area (Å²) < 4.78 is 90.7. The lowest BCUT2D eigenvalue weighted by Gasteiger charge is -2.27. The third-order valence-electron chi connectivity index (χ3n) is 4.61. The van der Waals surface area contributed by atoms with E-state index < -0.39 is 48.0 Å². The first-order chi connectivity index (χ1) is 14.9. The number of nitrogen functional groups attached to an aromatic ring is 1. The van der Waals surface area contributed by atoms with Crippen molar-refractivity contribution in [1.29, 1.82) is 10.5 Å². The Labute approximate surface area is 178 Å². The second kappa shape index (κ2) is 8.48. The van der Waals surface area contributed by atoms with Crippen LogP contribution in [0.25, 0.3) is 0 Å². The maximum Gasteiger partial charge on any atom is 0.433 e.